The fourth-order valence-corrected chi connectivity index (χ4v) is 2.43. The Morgan fingerprint density at radius 3 is 2.41 bits per heavy atom. The van der Waals surface area contributed by atoms with Crippen LogP contribution in [0.25, 0.3) is 0 Å². The Balaban J connectivity index is 2.60. The summed E-state index contributed by atoms with van der Waals surface area (Å²) in [6.45, 7) is 11.6. The minimum atomic E-state index is -0.514. The summed E-state index contributed by atoms with van der Waals surface area (Å²) in [5.41, 5.74) is 5.29. The van der Waals surface area contributed by atoms with Gasteiger partial charge in [-0.25, -0.2) is 4.79 Å². The van der Waals surface area contributed by atoms with Crippen molar-refractivity contribution in [1.29, 1.82) is 0 Å². The number of rotatable bonds is 4. The van der Waals surface area contributed by atoms with Crippen molar-refractivity contribution in [1.82, 2.24) is 9.80 Å². The van der Waals surface area contributed by atoms with Crippen LogP contribution in [0.2, 0.25) is 0 Å². The minimum Gasteiger partial charge on any atom is -0.444 e. The van der Waals surface area contributed by atoms with E-state index in [2.05, 4.69) is 13.8 Å². The number of hydrogen-bond acceptors (Lipinski definition) is 4. The summed E-state index contributed by atoms with van der Waals surface area (Å²) in [6.07, 6.45) is 1.09. The van der Waals surface area contributed by atoms with E-state index in [4.69, 9.17) is 10.5 Å². The number of carbonyl (C=O) groups is 2. The quantitative estimate of drug-likeness (QED) is 0.859. The summed E-state index contributed by atoms with van der Waals surface area (Å²) in [5, 5.41) is 0. The van der Waals surface area contributed by atoms with Crippen molar-refractivity contribution in [2.75, 3.05) is 26.2 Å². The first-order valence-electron chi connectivity index (χ1n) is 8.11. The van der Waals surface area contributed by atoms with Crippen LogP contribution in [0.15, 0.2) is 0 Å². The van der Waals surface area contributed by atoms with Gasteiger partial charge in [-0.1, -0.05) is 13.8 Å². The normalized spacial score (nSPS) is 19.5. The standard InChI is InChI=1S/C16H31N3O3/c1-12(2)6-7-14(20)19-9-8-18(11-13(19)10-17)15(21)22-16(3,4)5/h12-13H,6-11,17H2,1-5H3. The largest absolute Gasteiger partial charge is 0.444 e. The topological polar surface area (TPSA) is 75.9 Å². The number of hydrogen-bond donors (Lipinski definition) is 1. The highest BCUT2D eigenvalue weighted by Gasteiger charge is 2.33. The Bertz CT molecular complexity index is 391. The van der Waals surface area contributed by atoms with E-state index in [-0.39, 0.29) is 18.0 Å². The zero-order valence-corrected chi connectivity index (χ0v) is 14.6. The van der Waals surface area contributed by atoms with Crippen LogP contribution in [-0.4, -0.2) is 59.6 Å². The average Bonchev–Trinajstić information content (AvgIpc) is 2.42. The Kier molecular flexibility index (Phi) is 6.66. The molecule has 6 nitrogen and oxygen atoms in total. The van der Waals surface area contributed by atoms with Crippen molar-refractivity contribution >= 4 is 12.0 Å². The third-order valence-corrected chi connectivity index (χ3v) is 3.66. The first-order chi connectivity index (χ1) is 10.1. The maximum Gasteiger partial charge on any atom is 0.410 e. The maximum absolute atomic E-state index is 12.3. The van der Waals surface area contributed by atoms with Gasteiger partial charge < -0.3 is 20.3 Å². The van der Waals surface area contributed by atoms with Crippen LogP contribution < -0.4 is 5.73 Å². The van der Waals surface area contributed by atoms with Crippen molar-refractivity contribution in [3.63, 3.8) is 0 Å². The van der Waals surface area contributed by atoms with Crippen LogP contribution in [0, 0.1) is 5.92 Å². The van der Waals surface area contributed by atoms with Crippen LogP contribution in [0.4, 0.5) is 4.79 Å². The van der Waals surface area contributed by atoms with Gasteiger partial charge in [0.2, 0.25) is 5.91 Å². The highest BCUT2D eigenvalue weighted by Crippen LogP contribution is 2.16. The molecule has 0 saturated carbocycles. The molecule has 128 valence electrons. The molecule has 2 amide bonds. The highest BCUT2D eigenvalue weighted by atomic mass is 16.6. The van der Waals surface area contributed by atoms with E-state index >= 15 is 0 Å². The molecule has 1 unspecified atom stereocenters. The predicted molar refractivity (Wildman–Crippen MR) is 86.4 cm³/mol. The fraction of sp³-hybridized carbons (Fsp3) is 0.875. The number of piperazine rings is 1. The van der Waals surface area contributed by atoms with Gasteiger partial charge in [-0.2, -0.15) is 0 Å². The lowest BCUT2D eigenvalue weighted by Gasteiger charge is -2.41. The first kappa shape index (κ1) is 18.7. The smallest absolute Gasteiger partial charge is 0.410 e. The zero-order chi connectivity index (χ0) is 16.9. The lowest BCUT2D eigenvalue weighted by molar-refractivity contribution is -0.136. The van der Waals surface area contributed by atoms with Crippen LogP contribution in [0.5, 0.6) is 0 Å². The van der Waals surface area contributed by atoms with E-state index in [0.717, 1.165) is 6.42 Å². The number of amides is 2. The van der Waals surface area contributed by atoms with E-state index in [1.54, 1.807) is 4.90 Å². The maximum atomic E-state index is 12.3. The van der Waals surface area contributed by atoms with Gasteiger partial charge >= 0.3 is 6.09 Å². The molecule has 0 radical (unpaired) electrons. The van der Waals surface area contributed by atoms with Crippen LogP contribution in [-0.2, 0) is 9.53 Å². The van der Waals surface area contributed by atoms with Crippen LogP contribution in [0.1, 0.15) is 47.5 Å². The second-order valence-corrected chi connectivity index (χ2v) is 7.34. The average molecular weight is 313 g/mol. The second-order valence-electron chi connectivity index (χ2n) is 7.34. The molecule has 0 aromatic rings. The zero-order valence-electron chi connectivity index (χ0n) is 14.6. The Labute approximate surface area is 134 Å². The van der Waals surface area contributed by atoms with Gasteiger partial charge in [-0.05, 0) is 33.1 Å². The highest BCUT2D eigenvalue weighted by molar-refractivity contribution is 5.77. The molecular formula is C16H31N3O3. The summed E-state index contributed by atoms with van der Waals surface area (Å²) in [7, 11) is 0. The third-order valence-electron chi connectivity index (χ3n) is 3.66. The molecule has 1 rings (SSSR count). The summed E-state index contributed by atoms with van der Waals surface area (Å²) < 4.78 is 5.39. The second kappa shape index (κ2) is 7.81. The summed E-state index contributed by atoms with van der Waals surface area (Å²) in [4.78, 5) is 27.9. The van der Waals surface area contributed by atoms with Crippen molar-refractivity contribution in [3.8, 4) is 0 Å². The molecule has 2 N–H and O–H groups in total. The van der Waals surface area contributed by atoms with E-state index in [0.29, 0.717) is 38.5 Å². The van der Waals surface area contributed by atoms with Gasteiger partial charge in [0, 0.05) is 32.6 Å². The summed E-state index contributed by atoms with van der Waals surface area (Å²) >= 11 is 0. The summed E-state index contributed by atoms with van der Waals surface area (Å²) in [6, 6.07) is -0.124. The molecule has 1 fully saturated rings. The minimum absolute atomic E-state index is 0.124. The number of ether oxygens (including phenoxy) is 1. The lowest BCUT2D eigenvalue weighted by atomic mass is 10.1. The van der Waals surface area contributed by atoms with Crippen molar-refractivity contribution < 1.29 is 14.3 Å². The Morgan fingerprint density at radius 1 is 1.27 bits per heavy atom. The monoisotopic (exact) mass is 313 g/mol. The number of nitrogens with zero attached hydrogens (tertiary/aromatic N) is 2. The molecule has 1 aliphatic heterocycles. The molecule has 22 heavy (non-hydrogen) atoms. The van der Waals surface area contributed by atoms with E-state index in [1.807, 2.05) is 25.7 Å². The molecule has 1 saturated heterocycles. The Morgan fingerprint density at radius 2 is 1.91 bits per heavy atom. The number of carbonyl (C=O) groups excluding carboxylic acids is 2. The van der Waals surface area contributed by atoms with E-state index < -0.39 is 5.60 Å². The van der Waals surface area contributed by atoms with Crippen LogP contribution >= 0.6 is 0 Å². The van der Waals surface area contributed by atoms with Crippen molar-refractivity contribution in [3.05, 3.63) is 0 Å². The van der Waals surface area contributed by atoms with Gasteiger partial charge in [0.1, 0.15) is 5.60 Å². The van der Waals surface area contributed by atoms with Gasteiger partial charge in [-0.15, -0.1) is 0 Å². The summed E-state index contributed by atoms with van der Waals surface area (Å²) in [5.74, 6) is 0.635. The predicted octanol–water partition coefficient (Wildman–Crippen LogP) is 1.83. The van der Waals surface area contributed by atoms with Gasteiger partial charge in [0.05, 0.1) is 6.04 Å². The van der Waals surface area contributed by atoms with Crippen LogP contribution in [0.3, 0.4) is 0 Å². The molecule has 6 heteroatoms. The Hall–Kier alpha value is -1.30. The van der Waals surface area contributed by atoms with Crippen molar-refractivity contribution in [2.45, 2.75) is 59.1 Å². The molecule has 0 spiro atoms. The molecule has 1 aliphatic rings. The van der Waals surface area contributed by atoms with E-state index in [1.165, 1.54) is 0 Å². The first-order valence-corrected chi connectivity index (χ1v) is 8.11. The van der Waals surface area contributed by atoms with Gasteiger partial charge in [-0.3, -0.25) is 4.79 Å². The fourth-order valence-electron chi connectivity index (χ4n) is 2.43. The molecule has 1 heterocycles. The lowest BCUT2D eigenvalue weighted by Crippen LogP contribution is -2.59. The van der Waals surface area contributed by atoms with E-state index in [9.17, 15) is 9.59 Å². The molecule has 0 aromatic heterocycles. The molecule has 0 aliphatic carbocycles. The molecule has 0 aromatic carbocycles. The SMILES string of the molecule is CC(C)CCC(=O)N1CCN(C(=O)OC(C)(C)C)CC1CN. The molecule has 0 bridgehead atoms. The third kappa shape index (κ3) is 5.83. The number of nitrogens with two attached hydrogens (primary N) is 1. The van der Waals surface area contributed by atoms with Gasteiger partial charge in [0.25, 0.3) is 0 Å². The van der Waals surface area contributed by atoms with Gasteiger partial charge in [0.15, 0.2) is 0 Å². The molecular weight excluding hydrogens is 282 g/mol. The molecule has 1 atom stereocenters. The van der Waals surface area contributed by atoms with Crippen molar-refractivity contribution in [2.24, 2.45) is 11.7 Å².